The Labute approximate surface area is 179 Å². The number of hydrogen-bond acceptors (Lipinski definition) is 3. The van der Waals surface area contributed by atoms with Crippen LogP contribution in [-0.4, -0.2) is 27.4 Å². The lowest BCUT2D eigenvalue weighted by atomic mass is 10.1. The van der Waals surface area contributed by atoms with Gasteiger partial charge >= 0.3 is 0 Å². The van der Waals surface area contributed by atoms with Gasteiger partial charge in [-0.3, -0.25) is 14.2 Å². The van der Waals surface area contributed by atoms with Gasteiger partial charge in [0.2, 0.25) is 0 Å². The van der Waals surface area contributed by atoms with E-state index in [1.54, 1.807) is 46.8 Å². The number of halogens is 1. The lowest BCUT2D eigenvalue weighted by Crippen LogP contribution is -2.34. The van der Waals surface area contributed by atoms with Gasteiger partial charge in [-0.15, -0.1) is 0 Å². The average Bonchev–Trinajstić information content (AvgIpc) is 2.78. The molecule has 150 valence electrons. The molecule has 0 spiro atoms. The Bertz CT molecular complexity index is 1270. The van der Waals surface area contributed by atoms with Crippen LogP contribution in [0.1, 0.15) is 29.1 Å². The molecular formula is C24H20ClN3O2. The van der Waals surface area contributed by atoms with E-state index in [-0.39, 0.29) is 11.5 Å². The molecule has 3 aromatic carbocycles. The summed E-state index contributed by atoms with van der Waals surface area (Å²) in [5, 5.41) is 1.10. The summed E-state index contributed by atoms with van der Waals surface area (Å²) < 4.78 is 1.58. The Morgan fingerprint density at radius 3 is 2.30 bits per heavy atom. The molecule has 1 aromatic heterocycles. The molecule has 1 unspecified atom stereocenters. The Morgan fingerprint density at radius 2 is 1.60 bits per heavy atom. The molecule has 0 fully saturated rings. The van der Waals surface area contributed by atoms with Crippen LogP contribution < -0.4 is 5.56 Å². The topological polar surface area (TPSA) is 55.2 Å². The molecular weight excluding hydrogens is 398 g/mol. The fraction of sp³-hybridized carbons (Fsp3) is 0.125. The van der Waals surface area contributed by atoms with Gasteiger partial charge in [0.05, 0.1) is 22.6 Å². The van der Waals surface area contributed by atoms with Crippen LogP contribution in [0.2, 0.25) is 5.02 Å². The van der Waals surface area contributed by atoms with Crippen molar-refractivity contribution in [2.75, 3.05) is 7.05 Å². The molecule has 0 saturated carbocycles. The highest BCUT2D eigenvalue weighted by Crippen LogP contribution is 2.23. The maximum Gasteiger partial charge on any atom is 0.266 e. The maximum absolute atomic E-state index is 13.4. The van der Waals surface area contributed by atoms with E-state index in [1.165, 1.54) is 0 Å². The number of amides is 1. The predicted octanol–water partition coefficient (Wildman–Crippen LogP) is 4.87. The number of rotatable bonds is 4. The van der Waals surface area contributed by atoms with Crippen LogP contribution >= 0.6 is 11.6 Å². The third-order valence-electron chi connectivity index (χ3n) is 5.18. The minimum atomic E-state index is -0.453. The van der Waals surface area contributed by atoms with E-state index in [4.69, 9.17) is 16.6 Å². The summed E-state index contributed by atoms with van der Waals surface area (Å²) in [6.07, 6.45) is 0. The van der Waals surface area contributed by atoms with Crippen LogP contribution in [0.25, 0.3) is 16.6 Å². The quantitative estimate of drug-likeness (QED) is 0.476. The van der Waals surface area contributed by atoms with Crippen LogP contribution in [0.5, 0.6) is 0 Å². The lowest BCUT2D eigenvalue weighted by molar-refractivity contribution is 0.0735. The number of benzene rings is 3. The summed E-state index contributed by atoms with van der Waals surface area (Å²) in [5.74, 6) is 0.316. The van der Waals surface area contributed by atoms with Crippen molar-refractivity contribution in [1.29, 1.82) is 0 Å². The predicted molar refractivity (Wildman–Crippen MR) is 119 cm³/mol. The van der Waals surface area contributed by atoms with Gasteiger partial charge in [0.15, 0.2) is 0 Å². The zero-order chi connectivity index (χ0) is 21.3. The first-order valence-electron chi connectivity index (χ1n) is 9.57. The third kappa shape index (κ3) is 3.60. The van der Waals surface area contributed by atoms with Crippen LogP contribution in [0, 0.1) is 0 Å². The van der Waals surface area contributed by atoms with Crippen molar-refractivity contribution in [1.82, 2.24) is 14.5 Å². The summed E-state index contributed by atoms with van der Waals surface area (Å²) in [6.45, 7) is 1.86. The fourth-order valence-corrected chi connectivity index (χ4v) is 3.53. The fourth-order valence-electron chi connectivity index (χ4n) is 3.40. The number of para-hydroxylation sites is 2. The highest BCUT2D eigenvalue weighted by Gasteiger charge is 2.24. The van der Waals surface area contributed by atoms with E-state index in [0.29, 0.717) is 33.0 Å². The second-order valence-electron chi connectivity index (χ2n) is 7.06. The molecule has 6 heteroatoms. The molecule has 5 nitrogen and oxygen atoms in total. The summed E-state index contributed by atoms with van der Waals surface area (Å²) in [6, 6.07) is 22.9. The van der Waals surface area contributed by atoms with E-state index in [0.717, 1.165) is 0 Å². The summed E-state index contributed by atoms with van der Waals surface area (Å²) in [7, 11) is 1.71. The Hall–Kier alpha value is -3.44. The van der Waals surface area contributed by atoms with Gasteiger partial charge in [-0.2, -0.15) is 0 Å². The number of carbonyl (C=O) groups is 1. The zero-order valence-corrected chi connectivity index (χ0v) is 17.4. The number of fused-ring (bicyclic) bond motifs is 1. The molecule has 0 saturated heterocycles. The van der Waals surface area contributed by atoms with E-state index >= 15 is 0 Å². The van der Waals surface area contributed by atoms with Crippen molar-refractivity contribution in [3.8, 4) is 5.69 Å². The number of hydrogen-bond donors (Lipinski definition) is 0. The van der Waals surface area contributed by atoms with Crippen LogP contribution in [0.4, 0.5) is 0 Å². The van der Waals surface area contributed by atoms with Crippen molar-refractivity contribution in [2.24, 2.45) is 0 Å². The van der Waals surface area contributed by atoms with E-state index in [1.807, 2.05) is 55.5 Å². The van der Waals surface area contributed by atoms with Gasteiger partial charge in [0.1, 0.15) is 5.82 Å². The first-order chi connectivity index (χ1) is 14.5. The smallest absolute Gasteiger partial charge is 0.266 e. The molecule has 0 aliphatic carbocycles. The van der Waals surface area contributed by atoms with Gasteiger partial charge in [-0.05, 0) is 55.5 Å². The average molecular weight is 418 g/mol. The van der Waals surface area contributed by atoms with E-state index < -0.39 is 6.04 Å². The van der Waals surface area contributed by atoms with Crippen molar-refractivity contribution in [3.05, 3.63) is 106 Å². The first-order valence-corrected chi connectivity index (χ1v) is 9.95. The molecule has 4 aromatic rings. The van der Waals surface area contributed by atoms with Gasteiger partial charge in [0, 0.05) is 17.6 Å². The summed E-state index contributed by atoms with van der Waals surface area (Å²) in [5.41, 5.74) is 1.66. The van der Waals surface area contributed by atoms with Crippen LogP contribution in [-0.2, 0) is 0 Å². The molecule has 4 rings (SSSR count). The lowest BCUT2D eigenvalue weighted by Gasteiger charge is -2.27. The van der Waals surface area contributed by atoms with Crippen LogP contribution in [0.15, 0.2) is 83.7 Å². The first kappa shape index (κ1) is 19.9. The zero-order valence-electron chi connectivity index (χ0n) is 16.6. The molecule has 1 atom stereocenters. The minimum Gasteiger partial charge on any atom is -0.332 e. The van der Waals surface area contributed by atoms with E-state index in [9.17, 15) is 9.59 Å². The Kier molecular flexibility index (Phi) is 5.38. The molecule has 1 heterocycles. The summed E-state index contributed by atoms with van der Waals surface area (Å²) >= 11 is 5.94. The van der Waals surface area contributed by atoms with Gasteiger partial charge in [0.25, 0.3) is 11.5 Å². The van der Waals surface area contributed by atoms with E-state index in [2.05, 4.69) is 0 Å². The maximum atomic E-state index is 13.4. The van der Waals surface area contributed by atoms with Gasteiger partial charge in [-0.25, -0.2) is 4.98 Å². The molecule has 0 bridgehead atoms. The van der Waals surface area contributed by atoms with Gasteiger partial charge < -0.3 is 4.90 Å². The number of carbonyl (C=O) groups excluding carboxylic acids is 1. The van der Waals surface area contributed by atoms with Crippen molar-refractivity contribution in [2.45, 2.75) is 13.0 Å². The van der Waals surface area contributed by atoms with Crippen molar-refractivity contribution >= 4 is 28.4 Å². The van der Waals surface area contributed by atoms with Crippen molar-refractivity contribution < 1.29 is 4.79 Å². The molecule has 0 N–H and O–H groups in total. The molecule has 1 amide bonds. The van der Waals surface area contributed by atoms with Crippen molar-refractivity contribution in [3.63, 3.8) is 0 Å². The SMILES string of the molecule is CC(c1nc2ccccc2c(=O)n1-c1ccccc1)N(C)C(=O)c1ccc(Cl)cc1. The molecule has 0 aliphatic heterocycles. The highest BCUT2D eigenvalue weighted by molar-refractivity contribution is 6.30. The second-order valence-corrected chi connectivity index (χ2v) is 7.50. The van der Waals surface area contributed by atoms with Crippen LogP contribution in [0.3, 0.4) is 0 Å². The molecule has 0 radical (unpaired) electrons. The highest BCUT2D eigenvalue weighted by atomic mass is 35.5. The normalized spacial score (nSPS) is 12.0. The third-order valence-corrected chi connectivity index (χ3v) is 5.43. The monoisotopic (exact) mass is 417 g/mol. The Balaban J connectivity index is 1.85. The number of nitrogens with zero attached hydrogens (tertiary/aromatic N) is 3. The largest absolute Gasteiger partial charge is 0.332 e. The standard InChI is InChI=1S/C24H20ClN3O2/c1-16(27(2)23(29)17-12-14-18(25)15-13-17)22-26-21-11-7-6-10-20(21)24(30)28(22)19-8-4-3-5-9-19/h3-16H,1-2H3. The second kappa shape index (κ2) is 8.13. The molecule has 30 heavy (non-hydrogen) atoms. The Morgan fingerprint density at radius 1 is 0.967 bits per heavy atom. The van der Waals surface area contributed by atoms with Gasteiger partial charge in [-0.1, -0.05) is 41.9 Å². The minimum absolute atomic E-state index is 0.166. The number of aromatic nitrogens is 2. The summed E-state index contributed by atoms with van der Waals surface area (Å²) in [4.78, 5) is 32.7. The molecule has 0 aliphatic rings.